The maximum absolute atomic E-state index is 11.8. The average molecular weight is 252 g/mol. The van der Waals surface area contributed by atoms with Crippen molar-refractivity contribution >= 4 is 5.78 Å². The van der Waals surface area contributed by atoms with Gasteiger partial charge in [0.25, 0.3) is 5.56 Å². The molecule has 18 heavy (non-hydrogen) atoms. The molecule has 5 nitrogen and oxygen atoms in total. The summed E-state index contributed by atoms with van der Waals surface area (Å²) in [7, 11) is 1.40. The second-order valence-electron chi connectivity index (χ2n) is 4.50. The zero-order chi connectivity index (χ0) is 13.7. The van der Waals surface area contributed by atoms with E-state index in [1.807, 2.05) is 0 Å². The Labute approximate surface area is 106 Å². The maximum atomic E-state index is 11.8. The minimum atomic E-state index is -0.516. The van der Waals surface area contributed by atoms with E-state index >= 15 is 0 Å². The quantitative estimate of drug-likeness (QED) is 0.567. The van der Waals surface area contributed by atoms with Crippen molar-refractivity contribution in [3.63, 3.8) is 0 Å². The van der Waals surface area contributed by atoms with Gasteiger partial charge in [-0.05, 0) is 13.3 Å². The van der Waals surface area contributed by atoms with E-state index in [2.05, 4.69) is 6.92 Å². The summed E-state index contributed by atoms with van der Waals surface area (Å²) in [5.74, 6) is -0.307. The minimum Gasteiger partial charge on any atom is -0.300 e. The first-order chi connectivity index (χ1) is 8.49. The Kier molecular flexibility index (Phi) is 5.07. The first-order valence-corrected chi connectivity index (χ1v) is 6.30. The van der Waals surface area contributed by atoms with Gasteiger partial charge in [0.1, 0.15) is 0 Å². The Morgan fingerprint density at radius 3 is 2.44 bits per heavy atom. The molecule has 0 fully saturated rings. The van der Waals surface area contributed by atoms with Gasteiger partial charge in [0.2, 0.25) is 0 Å². The zero-order valence-electron chi connectivity index (χ0n) is 11.2. The van der Waals surface area contributed by atoms with Crippen LogP contribution < -0.4 is 11.2 Å². The molecule has 0 saturated heterocycles. The average Bonchev–Trinajstić information content (AvgIpc) is 2.33. The van der Waals surface area contributed by atoms with Crippen molar-refractivity contribution < 1.29 is 4.79 Å². The van der Waals surface area contributed by atoms with Crippen molar-refractivity contribution in [2.24, 2.45) is 7.05 Å². The molecule has 1 aromatic heterocycles. The van der Waals surface area contributed by atoms with Crippen LogP contribution >= 0.6 is 0 Å². The molecule has 0 bridgehead atoms. The van der Waals surface area contributed by atoms with Crippen molar-refractivity contribution in [2.45, 2.75) is 46.1 Å². The highest BCUT2D eigenvalue weighted by Crippen LogP contribution is 2.01. The molecule has 0 aliphatic rings. The molecule has 0 saturated carbocycles. The van der Waals surface area contributed by atoms with Crippen molar-refractivity contribution in [3.8, 4) is 0 Å². The lowest BCUT2D eigenvalue weighted by Crippen LogP contribution is -2.40. The Morgan fingerprint density at radius 1 is 1.22 bits per heavy atom. The van der Waals surface area contributed by atoms with Gasteiger partial charge in [-0.25, -0.2) is 4.79 Å². The number of rotatable bonds is 6. The molecule has 0 aromatic carbocycles. The van der Waals surface area contributed by atoms with E-state index in [1.165, 1.54) is 24.7 Å². The number of Topliss-reactive ketones (excluding diaryl/α,β-unsaturated/α-hetero) is 1. The molecule has 0 N–H and O–H groups in total. The number of aromatic nitrogens is 2. The number of unbranched alkanes of at least 4 members (excludes halogenated alkanes) is 3. The summed E-state index contributed by atoms with van der Waals surface area (Å²) in [6.45, 7) is 4.00. The van der Waals surface area contributed by atoms with Gasteiger partial charge in [-0.2, -0.15) is 0 Å². The lowest BCUT2D eigenvalue weighted by molar-refractivity contribution is 0.101. The Bertz CT molecular complexity index is 540. The summed E-state index contributed by atoms with van der Waals surface area (Å²) < 4.78 is 2.45. The van der Waals surface area contributed by atoms with E-state index in [0.29, 0.717) is 6.54 Å². The maximum Gasteiger partial charge on any atom is 0.330 e. The van der Waals surface area contributed by atoms with Crippen LogP contribution in [0.3, 0.4) is 0 Å². The van der Waals surface area contributed by atoms with Crippen molar-refractivity contribution in [2.75, 3.05) is 0 Å². The summed E-state index contributed by atoms with van der Waals surface area (Å²) in [6.07, 6.45) is 5.56. The molecule has 0 radical (unpaired) electrons. The van der Waals surface area contributed by atoms with Crippen LogP contribution in [0, 0.1) is 0 Å². The van der Waals surface area contributed by atoms with Crippen molar-refractivity contribution in [3.05, 3.63) is 32.6 Å². The summed E-state index contributed by atoms with van der Waals surface area (Å²) >= 11 is 0. The third kappa shape index (κ3) is 3.18. The van der Waals surface area contributed by atoms with Gasteiger partial charge in [-0.1, -0.05) is 26.2 Å². The molecule has 1 rings (SSSR count). The second kappa shape index (κ2) is 6.33. The number of hydrogen-bond acceptors (Lipinski definition) is 3. The highest BCUT2D eigenvalue weighted by atomic mass is 16.2. The number of carbonyl (C=O) groups excluding carboxylic acids is 1. The van der Waals surface area contributed by atoms with Crippen molar-refractivity contribution in [1.82, 2.24) is 9.13 Å². The van der Waals surface area contributed by atoms with Crippen molar-refractivity contribution in [1.29, 1.82) is 0 Å². The molecule has 1 heterocycles. The van der Waals surface area contributed by atoms with E-state index in [4.69, 9.17) is 0 Å². The molecular weight excluding hydrogens is 232 g/mol. The first-order valence-electron chi connectivity index (χ1n) is 6.30. The van der Waals surface area contributed by atoms with E-state index in [-0.39, 0.29) is 17.0 Å². The first kappa shape index (κ1) is 14.4. The molecule has 0 amide bonds. The van der Waals surface area contributed by atoms with Crippen LogP contribution in [0.2, 0.25) is 0 Å². The van der Waals surface area contributed by atoms with Gasteiger partial charge < -0.3 is 0 Å². The van der Waals surface area contributed by atoms with Gasteiger partial charge in [0.05, 0.1) is 5.56 Å². The molecule has 0 spiro atoms. The van der Waals surface area contributed by atoms with Crippen LogP contribution in [0.4, 0.5) is 0 Å². The predicted molar refractivity (Wildman–Crippen MR) is 70.1 cm³/mol. The van der Waals surface area contributed by atoms with E-state index in [0.717, 1.165) is 30.3 Å². The fourth-order valence-electron chi connectivity index (χ4n) is 1.84. The predicted octanol–water partition coefficient (Wildman–Crippen LogP) is 1.33. The van der Waals surface area contributed by atoms with Crippen LogP contribution in [-0.2, 0) is 13.6 Å². The monoisotopic (exact) mass is 252 g/mol. The third-order valence-corrected chi connectivity index (χ3v) is 2.98. The minimum absolute atomic E-state index is 0.0765. The fraction of sp³-hybridized carbons (Fsp3) is 0.615. The van der Waals surface area contributed by atoms with Crippen LogP contribution in [0.1, 0.15) is 49.9 Å². The highest BCUT2D eigenvalue weighted by molar-refractivity contribution is 5.93. The number of hydrogen-bond donors (Lipinski definition) is 0. The fourth-order valence-corrected chi connectivity index (χ4v) is 1.84. The third-order valence-electron chi connectivity index (χ3n) is 2.98. The van der Waals surface area contributed by atoms with Crippen LogP contribution in [-0.4, -0.2) is 14.9 Å². The number of nitrogens with zero attached hydrogens (tertiary/aromatic N) is 2. The normalized spacial score (nSPS) is 10.6. The van der Waals surface area contributed by atoms with E-state index in [9.17, 15) is 14.4 Å². The van der Waals surface area contributed by atoms with Gasteiger partial charge in [0, 0.05) is 19.8 Å². The SMILES string of the molecule is CCCCCCn1cc(C(C)=O)c(=O)n(C)c1=O. The van der Waals surface area contributed by atoms with Gasteiger partial charge in [-0.15, -0.1) is 0 Å². The molecular formula is C13H20N2O3. The molecule has 0 unspecified atom stereocenters. The summed E-state index contributed by atoms with van der Waals surface area (Å²) in [5.41, 5.74) is -0.800. The van der Waals surface area contributed by atoms with E-state index in [1.54, 1.807) is 0 Å². The topological polar surface area (TPSA) is 61.1 Å². The highest BCUT2D eigenvalue weighted by Gasteiger charge is 2.11. The summed E-state index contributed by atoms with van der Waals surface area (Å²) in [6, 6.07) is 0. The van der Waals surface area contributed by atoms with E-state index < -0.39 is 5.56 Å². The lowest BCUT2D eigenvalue weighted by atomic mass is 10.2. The Morgan fingerprint density at radius 2 is 1.89 bits per heavy atom. The molecule has 5 heteroatoms. The van der Waals surface area contributed by atoms with Crippen LogP contribution in [0.15, 0.2) is 15.8 Å². The second-order valence-corrected chi connectivity index (χ2v) is 4.50. The largest absolute Gasteiger partial charge is 0.330 e. The Hall–Kier alpha value is -1.65. The molecule has 1 aromatic rings. The number of ketones is 1. The molecule has 0 atom stereocenters. The zero-order valence-corrected chi connectivity index (χ0v) is 11.2. The summed E-state index contributed by atoms with van der Waals surface area (Å²) in [4.78, 5) is 34.9. The Balaban J connectivity index is 3.02. The molecule has 0 aliphatic heterocycles. The number of carbonyl (C=O) groups is 1. The van der Waals surface area contributed by atoms with Gasteiger partial charge in [0.15, 0.2) is 5.78 Å². The number of aryl methyl sites for hydroxylation is 1. The van der Waals surface area contributed by atoms with Gasteiger partial charge >= 0.3 is 5.69 Å². The molecule has 0 aliphatic carbocycles. The lowest BCUT2D eigenvalue weighted by Gasteiger charge is -2.09. The molecule has 100 valence electrons. The summed E-state index contributed by atoms with van der Waals surface area (Å²) in [5, 5.41) is 0. The smallest absolute Gasteiger partial charge is 0.300 e. The standard InChI is InChI=1S/C13H20N2O3/c1-4-5-6-7-8-15-9-11(10(2)16)12(17)14(3)13(15)18/h9H,4-8H2,1-3H3. The van der Waals surface area contributed by atoms with Gasteiger partial charge in [-0.3, -0.25) is 18.7 Å². The van der Waals surface area contributed by atoms with Crippen LogP contribution in [0.5, 0.6) is 0 Å². The van der Waals surface area contributed by atoms with Crippen LogP contribution in [0.25, 0.3) is 0 Å².